The lowest BCUT2D eigenvalue weighted by molar-refractivity contribution is -0.385. The molecule has 1 saturated heterocycles. The van der Waals surface area contributed by atoms with E-state index in [1.807, 2.05) is 0 Å². The Morgan fingerprint density at radius 3 is 2.13 bits per heavy atom. The number of hydrogen-bond acceptors (Lipinski definition) is 8. The number of nitro groups is 2. The van der Waals surface area contributed by atoms with Gasteiger partial charge < -0.3 is 5.32 Å². The van der Waals surface area contributed by atoms with Gasteiger partial charge in [0.15, 0.2) is 0 Å². The fourth-order valence-electron chi connectivity index (χ4n) is 2.64. The number of non-ortho nitro benzene ring substituents is 2. The van der Waals surface area contributed by atoms with Crippen LogP contribution < -0.4 is 5.32 Å². The SMILES string of the molecule is O=C(CCN1C(=O)/C(=C/c2ccc([N+](=O)[O-])cc2)SC1=S)Nc1ccc([N+](=O)[O-])cc1. The fourth-order valence-corrected chi connectivity index (χ4v) is 3.95. The van der Waals surface area contributed by atoms with Crippen molar-refractivity contribution >= 4 is 63.3 Å². The van der Waals surface area contributed by atoms with Crippen LogP contribution in [0.1, 0.15) is 12.0 Å². The van der Waals surface area contributed by atoms with Gasteiger partial charge in [-0.05, 0) is 35.9 Å². The van der Waals surface area contributed by atoms with Gasteiger partial charge in [-0.1, -0.05) is 24.0 Å². The van der Waals surface area contributed by atoms with Crippen LogP contribution in [0.5, 0.6) is 0 Å². The minimum Gasteiger partial charge on any atom is -0.326 e. The van der Waals surface area contributed by atoms with Crippen molar-refractivity contribution in [2.75, 3.05) is 11.9 Å². The third-order valence-corrected chi connectivity index (χ3v) is 5.58. The number of thioether (sulfide) groups is 1. The van der Waals surface area contributed by atoms with Crippen molar-refractivity contribution < 1.29 is 19.4 Å². The van der Waals surface area contributed by atoms with Crippen molar-refractivity contribution in [3.05, 3.63) is 79.2 Å². The van der Waals surface area contributed by atoms with Crippen LogP contribution in [0, 0.1) is 20.2 Å². The van der Waals surface area contributed by atoms with Crippen LogP contribution >= 0.6 is 24.0 Å². The number of rotatable bonds is 7. The molecule has 0 saturated carbocycles. The van der Waals surface area contributed by atoms with E-state index in [4.69, 9.17) is 12.2 Å². The molecule has 0 radical (unpaired) electrons. The molecule has 1 heterocycles. The Morgan fingerprint density at radius 1 is 1.03 bits per heavy atom. The zero-order chi connectivity index (χ0) is 22.5. The molecule has 31 heavy (non-hydrogen) atoms. The van der Waals surface area contributed by atoms with Crippen LogP contribution in [0.2, 0.25) is 0 Å². The second-order valence-corrected chi connectivity index (χ2v) is 7.96. The lowest BCUT2D eigenvalue weighted by atomic mass is 10.2. The van der Waals surface area contributed by atoms with Crippen molar-refractivity contribution in [2.24, 2.45) is 0 Å². The lowest BCUT2D eigenvalue weighted by Gasteiger charge is -2.14. The van der Waals surface area contributed by atoms with E-state index >= 15 is 0 Å². The van der Waals surface area contributed by atoms with Gasteiger partial charge >= 0.3 is 0 Å². The second kappa shape index (κ2) is 9.45. The highest BCUT2D eigenvalue weighted by Gasteiger charge is 2.32. The molecule has 1 aliphatic rings. The molecule has 0 aliphatic carbocycles. The molecule has 0 atom stereocenters. The molecule has 0 aromatic heterocycles. The first-order valence-electron chi connectivity index (χ1n) is 8.79. The number of anilines is 1. The lowest BCUT2D eigenvalue weighted by Crippen LogP contribution is -2.31. The average molecular weight is 458 g/mol. The van der Waals surface area contributed by atoms with Gasteiger partial charge in [-0.2, -0.15) is 0 Å². The van der Waals surface area contributed by atoms with Crippen LogP contribution in [0.3, 0.4) is 0 Å². The first kappa shape index (κ1) is 22.1. The summed E-state index contributed by atoms with van der Waals surface area (Å²) >= 11 is 6.32. The van der Waals surface area contributed by atoms with Crippen LogP contribution in [0.4, 0.5) is 17.1 Å². The van der Waals surface area contributed by atoms with E-state index in [1.165, 1.54) is 53.4 Å². The van der Waals surface area contributed by atoms with E-state index < -0.39 is 9.85 Å². The Labute approximate surface area is 185 Å². The molecule has 0 unspecified atom stereocenters. The van der Waals surface area contributed by atoms with Crippen LogP contribution in [-0.2, 0) is 9.59 Å². The van der Waals surface area contributed by atoms with Crippen LogP contribution in [0.15, 0.2) is 53.4 Å². The first-order chi connectivity index (χ1) is 14.7. The molecule has 2 aromatic carbocycles. The Bertz CT molecular complexity index is 1100. The van der Waals surface area contributed by atoms with Crippen molar-refractivity contribution in [1.82, 2.24) is 4.90 Å². The Hall–Kier alpha value is -3.64. The number of hydrogen-bond donors (Lipinski definition) is 1. The summed E-state index contributed by atoms with van der Waals surface area (Å²) in [5.74, 6) is -0.723. The molecular weight excluding hydrogens is 444 g/mol. The van der Waals surface area contributed by atoms with Crippen molar-refractivity contribution in [1.29, 1.82) is 0 Å². The van der Waals surface area contributed by atoms with E-state index in [1.54, 1.807) is 6.08 Å². The molecule has 10 nitrogen and oxygen atoms in total. The molecule has 0 bridgehead atoms. The quantitative estimate of drug-likeness (QED) is 0.287. The molecule has 1 aliphatic heterocycles. The number of carbonyl (C=O) groups excluding carboxylic acids is 2. The predicted octanol–water partition coefficient (Wildman–Crippen LogP) is 3.73. The van der Waals surface area contributed by atoms with Gasteiger partial charge in [0, 0.05) is 42.9 Å². The molecule has 0 spiro atoms. The standard InChI is InChI=1S/C19H14N4O6S2/c24-17(20-13-3-7-15(8-4-13)23(28)29)9-10-21-18(25)16(31-19(21)30)11-12-1-5-14(6-2-12)22(26)27/h1-8,11H,9-10H2,(H,20,24)/b16-11-. The third kappa shape index (κ3) is 5.49. The van der Waals surface area contributed by atoms with Gasteiger partial charge in [-0.3, -0.25) is 34.7 Å². The van der Waals surface area contributed by atoms with Gasteiger partial charge in [0.1, 0.15) is 4.32 Å². The molecular formula is C19H14N4O6S2. The summed E-state index contributed by atoms with van der Waals surface area (Å²) in [7, 11) is 0. The van der Waals surface area contributed by atoms with Crippen molar-refractivity contribution in [3.63, 3.8) is 0 Å². The maximum Gasteiger partial charge on any atom is 0.269 e. The summed E-state index contributed by atoms with van der Waals surface area (Å²) in [6.07, 6.45) is 1.56. The Morgan fingerprint density at radius 2 is 1.58 bits per heavy atom. The number of benzene rings is 2. The highest BCUT2D eigenvalue weighted by molar-refractivity contribution is 8.26. The Kier molecular flexibility index (Phi) is 6.72. The summed E-state index contributed by atoms with van der Waals surface area (Å²) in [6, 6.07) is 11.1. The van der Waals surface area contributed by atoms with E-state index in [9.17, 15) is 29.8 Å². The molecule has 158 valence electrons. The maximum absolute atomic E-state index is 12.6. The number of amides is 2. The normalized spacial score (nSPS) is 14.7. The predicted molar refractivity (Wildman–Crippen MR) is 119 cm³/mol. The minimum atomic E-state index is -0.537. The maximum atomic E-state index is 12.6. The fraction of sp³-hybridized carbons (Fsp3) is 0.105. The summed E-state index contributed by atoms with van der Waals surface area (Å²) in [4.78, 5) is 46.8. The number of nitrogens with zero attached hydrogens (tertiary/aromatic N) is 3. The zero-order valence-corrected chi connectivity index (χ0v) is 17.4. The number of nitro benzene ring substituents is 2. The highest BCUT2D eigenvalue weighted by Crippen LogP contribution is 2.32. The van der Waals surface area contributed by atoms with E-state index in [0.29, 0.717) is 20.5 Å². The topological polar surface area (TPSA) is 136 Å². The Balaban J connectivity index is 1.58. The third-order valence-electron chi connectivity index (χ3n) is 4.20. The number of thiocarbonyl (C=S) groups is 1. The molecule has 1 fully saturated rings. The molecule has 2 amide bonds. The summed E-state index contributed by atoms with van der Waals surface area (Å²) in [5.41, 5.74) is 0.875. The minimum absolute atomic E-state index is 0.0196. The summed E-state index contributed by atoms with van der Waals surface area (Å²) in [5, 5.41) is 24.0. The molecule has 12 heteroatoms. The van der Waals surface area contributed by atoms with Gasteiger partial charge in [-0.25, -0.2) is 0 Å². The monoisotopic (exact) mass is 458 g/mol. The first-order valence-corrected chi connectivity index (χ1v) is 10.0. The van der Waals surface area contributed by atoms with Crippen LogP contribution in [-0.4, -0.2) is 37.4 Å². The van der Waals surface area contributed by atoms with E-state index in [-0.39, 0.29) is 36.2 Å². The zero-order valence-electron chi connectivity index (χ0n) is 15.7. The summed E-state index contributed by atoms with van der Waals surface area (Å²) < 4.78 is 0.307. The average Bonchev–Trinajstić information content (AvgIpc) is 2.99. The van der Waals surface area contributed by atoms with Crippen LogP contribution in [0.25, 0.3) is 6.08 Å². The highest BCUT2D eigenvalue weighted by atomic mass is 32.2. The number of carbonyl (C=O) groups is 2. The smallest absolute Gasteiger partial charge is 0.269 e. The van der Waals surface area contributed by atoms with Gasteiger partial charge in [0.25, 0.3) is 17.3 Å². The summed E-state index contributed by atoms with van der Waals surface area (Å²) in [6.45, 7) is 0.0705. The largest absolute Gasteiger partial charge is 0.326 e. The van der Waals surface area contributed by atoms with E-state index in [0.717, 1.165) is 11.8 Å². The molecule has 1 N–H and O–H groups in total. The van der Waals surface area contributed by atoms with Gasteiger partial charge in [0.05, 0.1) is 14.8 Å². The van der Waals surface area contributed by atoms with Crippen molar-refractivity contribution in [2.45, 2.75) is 6.42 Å². The van der Waals surface area contributed by atoms with E-state index in [2.05, 4.69) is 5.32 Å². The second-order valence-electron chi connectivity index (χ2n) is 6.28. The molecule has 3 rings (SSSR count). The number of nitrogens with one attached hydrogen (secondary N) is 1. The van der Waals surface area contributed by atoms with Gasteiger partial charge in [-0.15, -0.1) is 0 Å². The van der Waals surface area contributed by atoms with Gasteiger partial charge in [0.2, 0.25) is 5.91 Å². The molecule has 2 aromatic rings. The van der Waals surface area contributed by atoms with Crippen molar-refractivity contribution in [3.8, 4) is 0 Å².